The van der Waals surface area contributed by atoms with Crippen molar-refractivity contribution in [3.63, 3.8) is 0 Å². The van der Waals surface area contributed by atoms with Crippen molar-refractivity contribution in [2.24, 2.45) is 7.05 Å². The second-order valence-electron chi connectivity index (χ2n) is 5.48. The van der Waals surface area contributed by atoms with E-state index in [-0.39, 0.29) is 11.8 Å². The van der Waals surface area contributed by atoms with Crippen molar-refractivity contribution in [3.8, 4) is 0 Å². The molecule has 2 amide bonds. The van der Waals surface area contributed by atoms with Crippen LogP contribution in [-0.2, 0) is 23.2 Å². The van der Waals surface area contributed by atoms with Gasteiger partial charge in [-0.3, -0.25) is 14.3 Å². The third-order valence-electron chi connectivity index (χ3n) is 3.73. The van der Waals surface area contributed by atoms with Gasteiger partial charge in [-0.2, -0.15) is 5.10 Å². The van der Waals surface area contributed by atoms with Crippen molar-refractivity contribution in [1.29, 1.82) is 0 Å². The summed E-state index contributed by atoms with van der Waals surface area (Å²) in [4.78, 5) is 26.0. The number of aromatic nitrogens is 2. The van der Waals surface area contributed by atoms with E-state index in [1.807, 2.05) is 19.1 Å². The lowest BCUT2D eigenvalue weighted by Crippen LogP contribution is -2.41. The zero-order valence-electron chi connectivity index (χ0n) is 12.6. The fourth-order valence-electron chi connectivity index (χ4n) is 2.65. The molecule has 22 heavy (non-hydrogen) atoms. The Morgan fingerprint density at radius 3 is 2.95 bits per heavy atom. The van der Waals surface area contributed by atoms with Gasteiger partial charge in [0.05, 0.1) is 18.4 Å². The second kappa shape index (κ2) is 5.67. The van der Waals surface area contributed by atoms with E-state index in [1.54, 1.807) is 29.0 Å². The molecule has 1 unspecified atom stereocenters. The molecule has 7 nitrogen and oxygen atoms in total. The molecule has 0 spiro atoms. The second-order valence-corrected chi connectivity index (χ2v) is 5.48. The van der Waals surface area contributed by atoms with Gasteiger partial charge in [-0.25, -0.2) is 0 Å². The number of anilines is 1. The van der Waals surface area contributed by atoms with Crippen LogP contribution >= 0.6 is 0 Å². The van der Waals surface area contributed by atoms with E-state index in [1.165, 1.54) is 0 Å². The Morgan fingerprint density at radius 1 is 1.50 bits per heavy atom. The number of hydrogen-bond donors (Lipinski definition) is 1. The molecule has 3 rings (SSSR count). The van der Waals surface area contributed by atoms with Crippen molar-refractivity contribution in [2.45, 2.75) is 32.4 Å². The van der Waals surface area contributed by atoms with Crippen LogP contribution in [0.2, 0.25) is 0 Å². The summed E-state index contributed by atoms with van der Waals surface area (Å²) in [5, 5.41) is 6.81. The Morgan fingerprint density at radius 2 is 2.32 bits per heavy atom. The average Bonchev–Trinajstić information content (AvgIpc) is 3.14. The molecule has 1 aliphatic heterocycles. The van der Waals surface area contributed by atoms with E-state index in [0.29, 0.717) is 30.8 Å². The Hall–Kier alpha value is -2.57. The standard InChI is InChI=1S/C15H18N4O3/c1-10-3-4-12(22-10)9-19-13(5-6-14(19)20)15(21)17-11-7-16-18(2)8-11/h3-4,7-8,13H,5-6,9H2,1-2H3,(H,17,21). The largest absolute Gasteiger partial charge is 0.464 e. The summed E-state index contributed by atoms with van der Waals surface area (Å²) < 4.78 is 7.11. The summed E-state index contributed by atoms with van der Waals surface area (Å²) in [5.74, 6) is 1.26. The van der Waals surface area contributed by atoms with Gasteiger partial charge >= 0.3 is 0 Å². The van der Waals surface area contributed by atoms with Crippen LogP contribution in [0, 0.1) is 6.92 Å². The Bertz CT molecular complexity index is 703. The number of likely N-dealkylation sites (tertiary alicyclic amines) is 1. The molecule has 0 bridgehead atoms. The summed E-state index contributed by atoms with van der Waals surface area (Å²) in [6.07, 6.45) is 4.19. The molecule has 1 fully saturated rings. The van der Waals surface area contributed by atoms with Crippen LogP contribution in [0.15, 0.2) is 28.9 Å². The maximum Gasteiger partial charge on any atom is 0.247 e. The van der Waals surface area contributed by atoms with Gasteiger partial charge in [0.15, 0.2) is 0 Å². The first-order chi connectivity index (χ1) is 10.5. The van der Waals surface area contributed by atoms with Crippen LogP contribution in [-0.4, -0.2) is 32.5 Å². The number of nitrogens with zero attached hydrogens (tertiary/aromatic N) is 3. The predicted molar refractivity (Wildman–Crippen MR) is 78.9 cm³/mol. The molecule has 0 saturated carbocycles. The predicted octanol–water partition coefficient (Wildman–Crippen LogP) is 1.45. The minimum absolute atomic E-state index is 0.0274. The van der Waals surface area contributed by atoms with Crippen molar-refractivity contribution in [3.05, 3.63) is 36.0 Å². The zero-order valence-corrected chi connectivity index (χ0v) is 12.6. The molecule has 2 aromatic heterocycles. The Kier molecular flexibility index (Phi) is 3.70. The van der Waals surface area contributed by atoms with Gasteiger partial charge in [-0.05, 0) is 25.5 Å². The fourth-order valence-corrected chi connectivity index (χ4v) is 2.65. The molecule has 1 aliphatic rings. The van der Waals surface area contributed by atoms with Gasteiger partial charge in [-0.1, -0.05) is 0 Å². The molecule has 7 heteroatoms. The quantitative estimate of drug-likeness (QED) is 0.927. The number of hydrogen-bond acceptors (Lipinski definition) is 4. The van der Waals surface area contributed by atoms with Gasteiger partial charge in [0.2, 0.25) is 11.8 Å². The van der Waals surface area contributed by atoms with Crippen LogP contribution < -0.4 is 5.32 Å². The topological polar surface area (TPSA) is 80.4 Å². The van der Waals surface area contributed by atoms with E-state index >= 15 is 0 Å². The minimum atomic E-state index is -0.474. The molecule has 116 valence electrons. The van der Waals surface area contributed by atoms with Crippen LogP contribution in [0.4, 0.5) is 5.69 Å². The van der Waals surface area contributed by atoms with Crippen molar-refractivity contribution in [2.75, 3.05) is 5.32 Å². The Balaban J connectivity index is 1.70. The number of aryl methyl sites for hydroxylation is 2. The number of carbonyl (C=O) groups excluding carboxylic acids is 2. The first-order valence-electron chi connectivity index (χ1n) is 7.17. The lowest BCUT2D eigenvalue weighted by atomic mass is 10.2. The lowest BCUT2D eigenvalue weighted by molar-refractivity contribution is -0.134. The number of furan rings is 1. The lowest BCUT2D eigenvalue weighted by Gasteiger charge is -2.22. The summed E-state index contributed by atoms with van der Waals surface area (Å²) in [6.45, 7) is 2.17. The average molecular weight is 302 g/mol. The van der Waals surface area contributed by atoms with Crippen molar-refractivity contribution < 1.29 is 14.0 Å². The van der Waals surface area contributed by atoms with Gasteiger partial charge in [0, 0.05) is 19.7 Å². The van der Waals surface area contributed by atoms with Gasteiger partial charge in [0.25, 0.3) is 0 Å². The molecular weight excluding hydrogens is 284 g/mol. The van der Waals surface area contributed by atoms with Crippen LogP contribution in [0.25, 0.3) is 0 Å². The molecule has 2 aromatic rings. The van der Waals surface area contributed by atoms with Crippen molar-refractivity contribution >= 4 is 17.5 Å². The summed E-state index contributed by atoms with van der Waals surface area (Å²) in [6, 6.07) is 3.20. The van der Waals surface area contributed by atoms with E-state index in [0.717, 1.165) is 5.76 Å². The Labute approximate surface area is 127 Å². The minimum Gasteiger partial charge on any atom is -0.464 e. The molecule has 1 saturated heterocycles. The van der Waals surface area contributed by atoms with Crippen molar-refractivity contribution in [1.82, 2.24) is 14.7 Å². The molecule has 3 heterocycles. The van der Waals surface area contributed by atoms with E-state index < -0.39 is 6.04 Å². The van der Waals surface area contributed by atoms with Crippen LogP contribution in [0.5, 0.6) is 0 Å². The highest BCUT2D eigenvalue weighted by Gasteiger charge is 2.36. The summed E-state index contributed by atoms with van der Waals surface area (Å²) >= 11 is 0. The van der Waals surface area contributed by atoms with Crippen LogP contribution in [0.1, 0.15) is 24.4 Å². The molecule has 0 aromatic carbocycles. The normalized spacial score (nSPS) is 18.0. The number of amides is 2. The molecule has 1 atom stereocenters. The summed E-state index contributed by atoms with van der Waals surface area (Å²) in [5.41, 5.74) is 0.626. The van der Waals surface area contributed by atoms with E-state index in [2.05, 4.69) is 10.4 Å². The van der Waals surface area contributed by atoms with E-state index in [4.69, 9.17) is 4.42 Å². The van der Waals surface area contributed by atoms with E-state index in [9.17, 15) is 9.59 Å². The number of nitrogens with one attached hydrogen (secondary N) is 1. The van der Waals surface area contributed by atoms with Gasteiger partial charge in [-0.15, -0.1) is 0 Å². The highest BCUT2D eigenvalue weighted by molar-refractivity contribution is 5.98. The maximum absolute atomic E-state index is 12.4. The highest BCUT2D eigenvalue weighted by Crippen LogP contribution is 2.23. The highest BCUT2D eigenvalue weighted by atomic mass is 16.3. The fraction of sp³-hybridized carbons (Fsp3) is 0.400. The van der Waals surface area contributed by atoms with Gasteiger partial charge in [0.1, 0.15) is 17.6 Å². The molecule has 1 N–H and O–H groups in total. The third kappa shape index (κ3) is 2.88. The first-order valence-corrected chi connectivity index (χ1v) is 7.17. The SMILES string of the molecule is Cc1ccc(CN2C(=O)CCC2C(=O)Nc2cnn(C)c2)o1. The van der Waals surface area contributed by atoms with Gasteiger partial charge < -0.3 is 14.6 Å². The molecular formula is C15H18N4O3. The smallest absolute Gasteiger partial charge is 0.247 e. The third-order valence-corrected chi connectivity index (χ3v) is 3.73. The van der Waals surface area contributed by atoms with Crippen LogP contribution in [0.3, 0.4) is 0 Å². The zero-order chi connectivity index (χ0) is 15.7. The number of rotatable bonds is 4. The molecule has 0 aliphatic carbocycles. The molecule has 0 radical (unpaired) electrons. The maximum atomic E-state index is 12.4. The summed E-state index contributed by atoms with van der Waals surface area (Å²) in [7, 11) is 1.78. The monoisotopic (exact) mass is 302 g/mol. The first kappa shape index (κ1) is 14.4. The number of carbonyl (C=O) groups is 2.